The second kappa shape index (κ2) is 3.03. The summed E-state index contributed by atoms with van der Waals surface area (Å²) in [7, 11) is 0. The fourth-order valence-electron chi connectivity index (χ4n) is 2.13. The van der Waals surface area contributed by atoms with Gasteiger partial charge in [0.1, 0.15) is 0 Å². The molecule has 0 radical (unpaired) electrons. The molecule has 0 bridgehead atoms. The lowest BCUT2D eigenvalue weighted by atomic mass is 9.85. The van der Waals surface area contributed by atoms with Crippen LogP contribution < -0.4 is 0 Å². The van der Waals surface area contributed by atoms with Crippen LogP contribution in [0.2, 0.25) is 0 Å². The Kier molecular flexibility index (Phi) is 2.04. The third-order valence-corrected chi connectivity index (χ3v) is 3.24. The van der Waals surface area contributed by atoms with E-state index in [4.69, 9.17) is 0 Å². The Balaban J connectivity index is 2.51. The molecule has 0 saturated heterocycles. The van der Waals surface area contributed by atoms with Gasteiger partial charge in [-0.15, -0.1) is 0 Å². The summed E-state index contributed by atoms with van der Waals surface area (Å²) < 4.78 is 0. The van der Waals surface area contributed by atoms with Crippen LogP contribution in [-0.4, -0.2) is 16.1 Å². The number of fused-ring (bicyclic) bond motifs is 1. The largest absolute Gasteiger partial charge is 0.392 e. The molecular formula is C11H13NO3. The number of nitro groups is 1. The summed E-state index contributed by atoms with van der Waals surface area (Å²) in [5.74, 6) is 0. The molecule has 15 heavy (non-hydrogen) atoms. The van der Waals surface area contributed by atoms with Gasteiger partial charge in [0.2, 0.25) is 0 Å². The number of rotatable bonds is 1. The summed E-state index contributed by atoms with van der Waals surface area (Å²) >= 11 is 0. The monoisotopic (exact) mass is 207 g/mol. The summed E-state index contributed by atoms with van der Waals surface area (Å²) in [6.07, 6.45) is 0.0544. The van der Waals surface area contributed by atoms with Gasteiger partial charge in [-0.2, -0.15) is 0 Å². The van der Waals surface area contributed by atoms with Crippen LogP contribution in [0, 0.1) is 10.1 Å². The summed E-state index contributed by atoms with van der Waals surface area (Å²) in [4.78, 5) is 10.2. The van der Waals surface area contributed by atoms with Crippen molar-refractivity contribution in [2.24, 2.45) is 0 Å². The minimum Gasteiger partial charge on any atom is -0.392 e. The molecular weight excluding hydrogens is 194 g/mol. The molecule has 1 aromatic rings. The number of benzene rings is 1. The zero-order valence-electron chi connectivity index (χ0n) is 8.73. The van der Waals surface area contributed by atoms with Crippen molar-refractivity contribution >= 4 is 5.69 Å². The maximum Gasteiger partial charge on any atom is 0.269 e. The third kappa shape index (κ3) is 1.41. The normalized spacial score (nSPS) is 22.5. The van der Waals surface area contributed by atoms with Gasteiger partial charge >= 0.3 is 0 Å². The molecule has 0 aromatic heterocycles. The Labute approximate surface area is 87.7 Å². The highest BCUT2D eigenvalue weighted by atomic mass is 16.6. The predicted octanol–water partition coefficient (Wildman–Crippen LogP) is 1.79. The predicted molar refractivity (Wildman–Crippen MR) is 55.8 cm³/mol. The maximum atomic E-state index is 10.6. The fourth-order valence-corrected chi connectivity index (χ4v) is 2.13. The number of hydrogen-bond donors (Lipinski definition) is 1. The molecule has 0 amide bonds. The lowest BCUT2D eigenvalue weighted by molar-refractivity contribution is -0.384. The van der Waals surface area contributed by atoms with Crippen LogP contribution in [0.1, 0.15) is 25.0 Å². The molecule has 4 nitrogen and oxygen atoms in total. The van der Waals surface area contributed by atoms with Gasteiger partial charge in [0.15, 0.2) is 0 Å². The van der Waals surface area contributed by atoms with Crippen LogP contribution in [0.15, 0.2) is 18.2 Å². The molecule has 1 aliphatic carbocycles. The second-order valence-electron chi connectivity index (χ2n) is 4.54. The minimum atomic E-state index is -0.450. The molecule has 0 aliphatic heterocycles. The number of aliphatic hydroxyl groups is 1. The van der Waals surface area contributed by atoms with E-state index in [0.29, 0.717) is 6.42 Å². The first kappa shape index (κ1) is 10.1. The molecule has 1 unspecified atom stereocenters. The molecule has 1 N–H and O–H groups in total. The van der Waals surface area contributed by atoms with Gasteiger partial charge in [-0.25, -0.2) is 0 Å². The Morgan fingerprint density at radius 1 is 1.53 bits per heavy atom. The zero-order chi connectivity index (χ0) is 11.2. The van der Waals surface area contributed by atoms with Crippen LogP contribution in [0.4, 0.5) is 5.69 Å². The smallest absolute Gasteiger partial charge is 0.269 e. The van der Waals surface area contributed by atoms with Gasteiger partial charge in [0.25, 0.3) is 5.69 Å². The lowest BCUT2D eigenvalue weighted by Crippen LogP contribution is -2.28. The molecule has 1 aromatic carbocycles. The van der Waals surface area contributed by atoms with Crippen molar-refractivity contribution in [3.8, 4) is 0 Å². The molecule has 1 atom stereocenters. The highest BCUT2D eigenvalue weighted by Crippen LogP contribution is 2.39. The molecule has 80 valence electrons. The first-order chi connectivity index (χ1) is 6.93. The van der Waals surface area contributed by atoms with Crippen LogP contribution in [0.3, 0.4) is 0 Å². The molecule has 0 fully saturated rings. The fraction of sp³-hybridized carbons (Fsp3) is 0.455. The van der Waals surface area contributed by atoms with Crippen molar-refractivity contribution in [2.45, 2.75) is 31.8 Å². The number of nitro benzene ring substituents is 1. The van der Waals surface area contributed by atoms with Crippen molar-refractivity contribution in [3.05, 3.63) is 39.4 Å². The van der Waals surface area contributed by atoms with E-state index in [0.717, 1.165) is 11.1 Å². The average Bonchev–Trinajstić information content (AvgIpc) is 2.38. The van der Waals surface area contributed by atoms with Gasteiger partial charge in [0.05, 0.1) is 11.0 Å². The van der Waals surface area contributed by atoms with Gasteiger partial charge in [-0.3, -0.25) is 10.1 Å². The number of aliphatic hydroxyl groups excluding tert-OH is 1. The molecule has 0 saturated carbocycles. The number of nitrogens with zero attached hydrogens (tertiary/aromatic N) is 1. The maximum absolute atomic E-state index is 10.6. The minimum absolute atomic E-state index is 0.0960. The zero-order valence-corrected chi connectivity index (χ0v) is 8.73. The van der Waals surface area contributed by atoms with Crippen LogP contribution in [0.5, 0.6) is 0 Å². The topological polar surface area (TPSA) is 63.4 Å². The van der Waals surface area contributed by atoms with E-state index < -0.39 is 11.0 Å². The Morgan fingerprint density at radius 3 is 2.80 bits per heavy atom. The van der Waals surface area contributed by atoms with Crippen molar-refractivity contribution in [1.29, 1.82) is 0 Å². The van der Waals surface area contributed by atoms with Gasteiger partial charge in [-0.1, -0.05) is 19.9 Å². The highest BCUT2D eigenvalue weighted by molar-refractivity contribution is 5.47. The van der Waals surface area contributed by atoms with E-state index in [-0.39, 0.29) is 11.1 Å². The van der Waals surface area contributed by atoms with Crippen LogP contribution >= 0.6 is 0 Å². The van der Waals surface area contributed by atoms with Gasteiger partial charge < -0.3 is 5.11 Å². The van der Waals surface area contributed by atoms with E-state index in [9.17, 15) is 15.2 Å². The van der Waals surface area contributed by atoms with E-state index in [2.05, 4.69) is 0 Å². The molecule has 4 heteroatoms. The quantitative estimate of drug-likeness (QED) is 0.564. The van der Waals surface area contributed by atoms with E-state index in [1.807, 2.05) is 13.8 Å². The SMILES string of the molecule is CC1(C)c2ccc([N+](=O)[O-])cc2CC1O. The van der Waals surface area contributed by atoms with Crippen molar-refractivity contribution in [2.75, 3.05) is 0 Å². The average molecular weight is 207 g/mol. The second-order valence-corrected chi connectivity index (χ2v) is 4.54. The highest BCUT2D eigenvalue weighted by Gasteiger charge is 2.38. The first-order valence-electron chi connectivity index (χ1n) is 4.89. The Bertz CT molecular complexity index is 426. The van der Waals surface area contributed by atoms with E-state index in [1.165, 1.54) is 6.07 Å². The first-order valence-corrected chi connectivity index (χ1v) is 4.89. The van der Waals surface area contributed by atoms with Gasteiger partial charge in [0, 0.05) is 17.5 Å². The molecule has 1 aliphatic rings. The summed E-state index contributed by atoms with van der Waals surface area (Å²) in [6.45, 7) is 3.91. The van der Waals surface area contributed by atoms with Crippen molar-refractivity contribution in [1.82, 2.24) is 0 Å². The molecule has 0 spiro atoms. The Hall–Kier alpha value is -1.42. The van der Waals surface area contributed by atoms with E-state index in [1.54, 1.807) is 12.1 Å². The number of hydrogen-bond acceptors (Lipinski definition) is 3. The molecule has 2 rings (SSSR count). The number of non-ortho nitro benzene ring substituents is 1. The Morgan fingerprint density at radius 2 is 2.20 bits per heavy atom. The summed E-state index contributed by atoms with van der Waals surface area (Å²) in [5, 5.41) is 20.4. The standard InChI is InChI=1S/C11H13NO3/c1-11(2)9-4-3-8(12(14)15)5-7(9)6-10(11)13/h3-5,10,13H,6H2,1-2H3. The molecule has 0 heterocycles. The van der Waals surface area contributed by atoms with Crippen molar-refractivity contribution in [3.63, 3.8) is 0 Å². The third-order valence-electron chi connectivity index (χ3n) is 3.24. The van der Waals surface area contributed by atoms with Crippen LogP contribution in [0.25, 0.3) is 0 Å². The summed E-state index contributed by atoms with van der Waals surface area (Å²) in [5.41, 5.74) is 1.70. The summed E-state index contributed by atoms with van der Waals surface area (Å²) in [6, 6.07) is 4.82. The van der Waals surface area contributed by atoms with Crippen molar-refractivity contribution < 1.29 is 10.0 Å². The lowest BCUT2D eigenvalue weighted by Gasteiger charge is -2.23. The van der Waals surface area contributed by atoms with Gasteiger partial charge in [-0.05, 0) is 17.5 Å². The van der Waals surface area contributed by atoms with E-state index >= 15 is 0 Å². The van der Waals surface area contributed by atoms with Crippen LogP contribution in [-0.2, 0) is 11.8 Å².